The topological polar surface area (TPSA) is 31.4 Å². The Labute approximate surface area is 129 Å². The maximum absolute atomic E-state index is 4.57. The highest BCUT2D eigenvalue weighted by atomic mass is 15.3. The van der Waals surface area contributed by atoms with Gasteiger partial charge in [-0.3, -0.25) is 4.90 Å². The molecule has 1 aromatic rings. The van der Waals surface area contributed by atoms with Gasteiger partial charge in [0.15, 0.2) is 0 Å². The fraction of sp³-hybridized carbons (Fsp3) is 0.706. The van der Waals surface area contributed by atoms with Gasteiger partial charge in [0.2, 0.25) is 0 Å². The van der Waals surface area contributed by atoms with E-state index in [0.717, 1.165) is 44.5 Å². The number of nitrogens with one attached hydrogen (secondary N) is 1. The molecule has 0 spiro atoms. The van der Waals surface area contributed by atoms with Gasteiger partial charge in [0.05, 0.1) is 0 Å². The molecule has 1 aromatic heterocycles. The predicted molar refractivity (Wildman–Crippen MR) is 89.8 cm³/mol. The zero-order valence-corrected chi connectivity index (χ0v) is 14.0. The summed E-state index contributed by atoms with van der Waals surface area (Å²) in [4.78, 5) is 9.55. The Morgan fingerprint density at radius 3 is 2.52 bits per heavy atom. The van der Waals surface area contributed by atoms with Crippen LogP contribution in [0.3, 0.4) is 0 Å². The fourth-order valence-corrected chi connectivity index (χ4v) is 2.98. The largest absolute Gasteiger partial charge is 0.354 e. The SMILES string of the molecule is CCNC(C)c1ccnc(N2CCN(CC(C)C)CC2)c1. The van der Waals surface area contributed by atoms with E-state index in [1.165, 1.54) is 12.1 Å². The molecular weight excluding hydrogens is 260 g/mol. The lowest BCUT2D eigenvalue weighted by Gasteiger charge is -2.36. The summed E-state index contributed by atoms with van der Waals surface area (Å²) < 4.78 is 0. The van der Waals surface area contributed by atoms with E-state index in [-0.39, 0.29) is 0 Å². The van der Waals surface area contributed by atoms with Crippen molar-refractivity contribution < 1.29 is 0 Å². The predicted octanol–water partition coefficient (Wildman–Crippen LogP) is 2.53. The van der Waals surface area contributed by atoms with Crippen molar-refractivity contribution in [2.24, 2.45) is 5.92 Å². The summed E-state index contributed by atoms with van der Waals surface area (Å²) in [6.07, 6.45) is 1.94. The molecule has 0 saturated carbocycles. The third kappa shape index (κ3) is 4.68. The number of pyridine rings is 1. The van der Waals surface area contributed by atoms with Gasteiger partial charge in [0, 0.05) is 45.0 Å². The molecule has 1 saturated heterocycles. The van der Waals surface area contributed by atoms with Crippen LogP contribution in [0.5, 0.6) is 0 Å². The Bertz CT molecular complexity index is 425. The lowest BCUT2D eigenvalue weighted by Crippen LogP contribution is -2.47. The van der Waals surface area contributed by atoms with Crippen LogP contribution in [0.2, 0.25) is 0 Å². The van der Waals surface area contributed by atoms with E-state index in [0.29, 0.717) is 6.04 Å². The van der Waals surface area contributed by atoms with E-state index in [1.807, 2.05) is 6.20 Å². The molecule has 0 aliphatic carbocycles. The Balaban J connectivity index is 1.95. The zero-order valence-electron chi connectivity index (χ0n) is 14.0. The number of anilines is 1. The van der Waals surface area contributed by atoms with Gasteiger partial charge in [-0.1, -0.05) is 20.8 Å². The van der Waals surface area contributed by atoms with Gasteiger partial charge < -0.3 is 10.2 Å². The number of piperazine rings is 1. The molecule has 1 unspecified atom stereocenters. The minimum atomic E-state index is 0.388. The summed E-state index contributed by atoms with van der Waals surface area (Å²) in [5.41, 5.74) is 1.33. The first kappa shape index (κ1) is 16.2. The zero-order chi connectivity index (χ0) is 15.2. The lowest BCUT2D eigenvalue weighted by atomic mass is 10.1. The van der Waals surface area contributed by atoms with Crippen LogP contribution in [0.1, 0.15) is 39.3 Å². The molecule has 1 aliphatic heterocycles. The van der Waals surface area contributed by atoms with Crippen molar-refractivity contribution >= 4 is 5.82 Å². The van der Waals surface area contributed by atoms with Crippen LogP contribution < -0.4 is 10.2 Å². The van der Waals surface area contributed by atoms with Gasteiger partial charge in [0.25, 0.3) is 0 Å². The van der Waals surface area contributed by atoms with Crippen LogP contribution in [0.25, 0.3) is 0 Å². The summed E-state index contributed by atoms with van der Waals surface area (Å²) in [6, 6.07) is 4.75. The Hall–Kier alpha value is -1.13. The quantitative estimate of drug-likeness (QED) is 0.872. The Kier molecular flexibility index (Phi) is 6.00. The maximum atomic E-state index is 4.57. The molecule has 1 N–H and O–H groups in total. The van der Waals surface area contributed by atoms with Gasteiger partial charge in [-0.15, -0.1) is 0 Å². The molecule has 1 atom stereocenters. The highest BCUT2D eigenvalue weighted by molar-refractivity contribution is 5.42. The first-order chi connectivity index (χ1) is 10.1. The normalized spacial score (nSPS) is 18.2. The second kappa shape index (κ2) is 7.76. The minimum Gasteiger partial charge on any atom is -0.354 e. The summed E-state index contributed by atoms with van der Waals surface area (Å²) in [6.45, 7) is 15.6. The molecule has 1 fully saturated rings. The van der Waals surface area contributed by atoms with Crippen molar-refractivity contribution in [3.63, 3.8) is 0 Å². The summed E-state index contributed by atoms with van der Waals surface area (Å²) in [7, 11) is 0. The molecular formula is C17H30N4. The number of hydrogen-bond acceptors (Lipinski definition) is 4. The van der Waals surface area contributed by atoms with Crippen molar-refractivity contribution in [2.45, 2.75) is 33.7 Å². The summed E-state index contributed by atoms with van der Waals surface area (Å²) >= 11 is 0. The first-order valence-electron chi connectivity index (χ1n) is 8.26. The minimum absolute atomic E-state index is 0.388. The molecule has 0 bridgehead atoms. The van der Waals surface area contributed by atoms with Crippen LogP contribution in [0.15, 0.2) is 18.3 Å². The lowest BCUT2D eigenvalue weighted by molar-refractivity contribution is 0.231. The van der Waals surface area contributed by atoms with E-state index >= 15 is 0 Å². The highest BCUT2D eigenvalue weighted by Crippen LogP contribution is 2.19. The molecule has 4 nitrogen and oxygen atoms in total. The molecule has 0 radical (unpaired) electrons. The van der Waals surface area contributed by atoms with Crippen LogP contribution in [-0.2, 0) is 0 Å². The number of aromatic nitrogens is 1. The van der Waals surface area contributed by atoms with Crippen LogP contribution in [0.4, 0.5) is 5.82 Å². The molecule has 0 aromatic carbocycles. The second-order valence-electron chi connectivity index (χ2n) is 6.41. The molecule has 1 aliphatic rings. The van der Waals surface area contributed by atoms with Gasteiger partial charge in [-0.2, -0.15) is 0 Å². The average molecular weight is 290 g/mol. The smallest absolute Gasteiger partial charge is 0.128 e. The number of nitrogens with zero attached hydrogens (tertiary/aromatic N) is 3. The van der Waals surface area contributed by atoms with E-state index < -0.39 is 0 Å². The third-order valence-corrected chi connectivity index (χ3v) is 4.10. The van der Waals surface area contributed by atoms with Crippen molar-refractivity contribution in [2.75, 3.05) is 44.2 Å². The monoisotopic (exact) mass is 290 g/mol. The molecule has 0 amide bonds. The fourth-order valence-electron chi connectivity index (χ4n) is 2.98. The van der Waals surface area contributed by atoms with Crippen LogP contribution >= 0.6 is 0 Å². The Morgan fingerprint density at radius 1 is 1.19 bits per heavy atom. The van der Waals surface area contributed by atoms with Gasteiger partial charge >= 0.3 is 0 Å². The maximum Gasteiger partial charge on any atom is 0.128 e. The summed E-state index contributed by atoms with van der Waals surface area (Å²) in [5, 5.41) is 3.47. The number of rotatable bonds is 6. The van der Waals surface area contributed by atoms with E-state index in [1.54, 1.807) is 0 Å². The average Bonchev–Trinajstić information content (AvgIpc) is 2.48. The van der Waals surface area contributed by atoms with Gasteiger partial charge in [0.1, 0.15) is 5.82 Å². The standard InChI is InChI=1S/C17H30N4/c1-5-18-15(4)16-6-7-19-17(12-16)21-10-8-20(9-11-21)13-14(2)3/h6-7,12,14-15,18H,5,8-11,13H2,1-4H3. The first-order valence-corrected chi connectivity index (χ1v) is 8.26. The van der Waals surface area contributed by atoms with Crippen LogP contribution in [-0.4, -0.2) is 49.2 Å². The van der Waals surface area contributed by atoms with Crippen LogP contribution in [0, 0.1) is 5.92 Å². The van der Waals surface area contributed by atoms with Gasteiger partial charge in [-0.05, 0) is 37.1 Å². The van der Waals surface area contributed by atoms with Crippen molar-refractivity contribution in [1.82, 2.24) is 15.2 Å². The highest BCUT2D eigenvalue weighted by Gasteiger charge is 2.19. The summed E-state index contributed by atoms with van der Waals surface area (Å²) in [5.74, 6) is 1.88. The Morgan fingerprint density at radius 2 is 1.90 bits per heavy atom. The molecule has 2 rings (SSSR count). The van der Waals surface area contributed by atoms with Crippen molar-refractivity contribution in [3.8, 4) is 0 Å². The molecule has 118 valence electrons. The molecule has 2 heterocycles. The molecule has 4 heteroatoms. The second-order valence-corrected chi connectivity index (χ2v) is 6.41. The van der Waals surface area contributed by atoms with E-state index in [9.17, 15) is 0 Å². The van der Waals surface area contributed by atoms with Gasteiger partial charge in [-0.25, -0.2) is 4.98 Å². The van der Waals surface area contributed by atoms with Crippen molar-refractivity contribution in [3.05, 3.63) is 23.9 Å². The van der Waals surface area contributed by atoms with E-state index in [4.69, 9.17) is 0 Å². The number of hydrogen-bond donors (Lipinski definition) is 1. The van der Waals surface area contributed by atoms with E-state index in [2.05, 4.69) is 59.9 Å². The van der Waals surface area contributed by atoms with Crippen molar-refractivity contribution in [1.29, 1.82) is 0 Å². The molecule has 21 heavy (non-hydrogen) atoms. The third-order valence-electron chi connectivity index (χ3n) is 4.10.